The third-order valence-corrected chi connectivity index (χ3v) is 3.59. The van der Waals surface area contributed by atoms with Crippen LogP contribution < -0.4 is 4.90 Å². The molecule has 0 spiro atoms. The normalized spacial score (nSPS) is 10.5. The van der Waals surface area contributed by atoms with Crippen molar-refractivity contribution in [2.24, 2.45) is 0 Å². The van der Waals surface area contributed by atoms with Crippen molar-refractivity contribution in [3.63, 3.8) is 0 Å². The minimum atomic E-state index is -0.248. The quantitative estimate of drug-likeness (QED) is 0.685. The molecule has 19 heavy (non-hydrogen) atoms. The molecule has 2 aromatic rings. The van der Waals surface area contributed by atoms with Gasteiger partial charge in [0, 0.05) is 23.1 Å². The molecule has 0 fully saturated rings. The topological polar surface area (TPSA) is 3.24 Å². The Hall–Kier alpha value is -1.25. The standard InChI is InChI=1S/C15H14Cl2FN/c1-2-19(15-6-4-3-5-14(15)18)12-8-7-11(10-16)13(17)9-12/h3-9H,2,10H2,1H3. The highest BCUT2D eigenvalue weighted by molar-refractivity contribution is 6.32. The molecule has 0 atom stereocenters. The van der Waals surface area contributed by atoms with Crippen LogP contribution in [0.15, 0.2) is 42.5 Å². The summed E-state index contributed by atoms with van der Waals surface area (Å²) < 4.78 is 13.9. The van der Waals surface area contributed by atoms with Crippen molar-refractivity contribution in [2.75, 3.05) is 11.4 Å². The van der Waals surface area contributed by atoms with Crippen molar-refractivity contribution < 1.29 is 4.39 Å². The second-order valence-electron chi connectivity index (χ2n) is 4.11. The molecule has 0 heterocycles. The van der Waals surface area contributed by atoms with Crippen LogP contribution in [0.3, 0.4) is 0 Å². The highest BCUT2D eigenvalue weighted by Gasteiger charge is 2.12. The Labute approximate surface area is 122 Å². The fourth-order valence-corrected chi connectivity index (χ4v) is 2.52. The van der Waals surface area contributed by atoms with Gasteiger partial charge in [0.25, 0.3) is 0 Å². The Kier molecular flexibility index (Phi) is 4.67. The van der Waals surface area contributed by atoms with Gasteiger partial charge in [0.15, 0.2) is 0 Å². The zero-order valence-corrected chi connectivity index (χ0v) is 12.0. The predicted octanol–water partition coefficient (Wildman–Crippen LogP) is 5.38. The molecule has 1 nitrogen and oxygen atoms in total. The minimum absolute atomic E-state index is 0.248. The molecular formula is C15H14Cl2FN. The number of hydrogen-bond acceptors (Lipinski definition) is 1. The molecule has 0 radical (unpaired) electrons. The van der Waals surface area contributed by atoms with Gasteiger partial charge in [-0.25, -0.2) is 4.39 Å². The predicted molar refractivity (Wildman–Crippen MR) is 80.1 cm³/mol. The van der Waals surface area contributed by atoms with E-state index in [2.05, 4.69) is 0 Å². The van der Waals surface area contributed by atoms with E-state index < -0.39 is 0 Å². The number of nitrogens with zero attached hydrogens (tertiary/aromatic N) is 1. The monoisotopic (exact) mass is 297 g/mol. The summed E-state index contributed by atoms with van der Waals surface area (Å²) in [5.74, 6) is 0.118. The second-order valence-corrected chi connectivity index (χ2v) is 4.78. The van der Waals surface area contributed by atoms with Gasteiger partial charge in [-0.2, -0.15) is 0 Å². The van der Waals surface area contributed by atoms with E-state index >= 15 is 0 Å². The SMILES string of the molecule is CCN(c1ccc(CCl)c(Cl)c1)c1ccccc1F. The lowest BCUT2D eigenvalue weighted by atomic mass is 10.2. The van der Waals surface area contributed by atoms with E-state index in [4.69, 9.17) is 23.2 Å². The fourth-order valence-electron chi connectivity index (χ4n) is 1.98. The molecule has 0 bridgehead atoms. The van der Waals surface area contributed by atoms with Crippen LogP contribution in [0, 0.1) is 5.82 Å². The molecule has 0 aliphatic rings. The lowest BCUT2D eigenvalue weighted by molar-refractivity contribution is 0.625. The highest BCUT2D eigenvalue weighted by atomic mass is 35.5. The lowest BCUT2D eigenvalue weighted by Gasteiger charge is -2.24. The second kappa shape index (κ2) is 6.27. The third-order valence-electron chi connectivity index (χ3n) is 2.95. The Morgan fingerprint density at radius 3 is 2.47 bits per heavy atom. The van der Waals surface area contributed by atoms with Gasteiger partial charge in [0.1, 0.15) is 5.82 Å². The van der Waals surface area contributed by atoms with Gasteiger partial charge < -0.3 is 4.90 Å². The number of para-hydroxylation sites is 1. The van der Waals surface area contributed by atoms with Crippen LogP contribution in [-0.4, -0.2) is 6.54 Å². The van der Waals surface area contributed by atoms with Gasteiger partial charge in [-0.3, -0.25) is 0 Å². The Balaban J connectivity index is 2.43. The molecular weight excluding hydrogens is 284 g/mol. The average Bonchev–Trinajstić information content (AvgIpc) is 2.42. The summed E-state index contributed by atoms with van der Waals surface area (Å²) in [7, 11) is 0. The van der Waals surface area contributed by atoms with Gasteiger partial charge in [-0.15, -0.1) is 11.6 Å². The molecule has 0 aliphatic carbocycles. The summed E-state index contributed by atoms with van der Waals surface area (Å²) in [6.07, 6.45) is 0. The third kappa shape index (κ3) is 3.02. The van der Waals surface area contributed by atoms with Gasteiger partial charge in [0.05, 0.1) is 5.69 Å². The van der Waals surface area contributed by atoms with E-state index in [0.717, 1.165) is 11.3 Å². The maximum Gasteiger partial charge on any atom is 0.146 e. The minimum Gasteiger partial charge on any atom is -0.339 e. The number of alkyl halides is 1. The van der Waals surface area contributed by atoms with Crippen LogP contribution in [0.2, 0.25) is 5.02 Å². The molecule has 2 aromatic carbocycles. The van der Waals surface area contributed by atoms with E-state index in [9.17, 15) is 4.39 Å². The summed E-state index contributed by atoms with van der Waals surface area (Å²) in [6.45, 7) is 2.62. The number of rotatable bonds is 4. The van der Waals surface area contributed by atoms with E-state index in [1.807, 2.05) is 36.1 Å². The van der Waals surface area contributed by atoms with Crippen LogP contribution >= 0.6 is 23.2 Å². The molecule has 0 saturated carbocycles. The van der Waals surface area contributed by atoms with Crippen molar-refractivity contribution in [2.45, 2.75) is 12.8 Å². The summed E-state index contributed by atoms with van der Waals surface area (Å²) in [4.78, 5) is 1.87. The number of benzene rings is 2. The van der Waals surface area contributed by atoms with E-state index in [1.165, 1.54) is 6.07 Å². The number of halogens is 3. The van der Waals surface area contributed by atoms with Crippen LogP contribution in [0.1, 0.15) is 12.5 Å². The molecule has 0 aliphatic heterocycles. The molecule has 0 saturated heterocycles. The fraction of sp³-hybridized carbons (Fsp3) is 0.200. The van der Waals surface area contributed by atoms with E-state index in [1.54, 1.807) is 12.1 Å². The summed E-state index contributed by atoms with van der Waals surface area (Å²) in [6, 6.07) is 12.3. The largest absolute Gasteiger partial charge is 0.339 e. The zero-order valence-electron chi connectivity index (χ0n) is 10.5. The Bertz CT molecular complexity index is 572. The first-order chi connectivity index (χ1) is 9.17. The van der Waals surface area contributed by atoms with E-state index in [0.29, 0.717) is 23.1 Å². The van der Waals surface area contributed by atoms with Crippen molar-refractivity contribution in [1.82, 2.24) is 0 Å². The Morgan fingerprint density at radius 1 is 1.16 bits per heavy atom. The molecule has 0 aromatic heterocycles. The maximum absolute atomic E-state index is 13.9. The molecule has 0 unspecified atom stereocenters. The van der Waals surface area contributed by atoms with Gasteiger partial charge >= 0.3 is 0 Å². The zero-order chi connectivity index (χ0) is 13.8. The first kappa shape index (κ1) is 14.2. The first-order valence-corrected chi connectivity index (χ1v) is 6.95. The molecule has 0 N–H and O–H groups in total. The van der Waals surface area contributed by atoms with Crippen LogP contribution in [0.25, 0.3) is 0 Å². The molecule has 0 amide bonds. The average molecular weight is 298 g/mol. The summed E-state index contributed by atoms with van der Waals surface area (Å²) in [5.41, 5.74) is 2.27. The highest BCUT2D eigenvalue weighted by Crippen LogP contribution is 2.31. The molecule has 100 valence electrons. The van der Waals surface area contributed by atoms with Crippen molar-refractivity contribution in [1.29, 1.82) is 0 Å². The number of anilines is 2. The van der Waals surface area contributed by atoms with Gasteiger partial charge in [0.2, 0.25) is 0 Å². The van der Waals surface area contributed by atoms with Gasteiger partial charge in [-0.1, -0.05) is 29.8 Å². The van der Waals surface area contributed by atoms with Crippen molar-refractivity contribution in [3.05, 3.63) is 58.9 Å². The van der Waals surface area contributed by atoms with Crippen LogP contribution in [0.4, 0.5) is 15.8 Å². The van der Waals surface area contributed by atoms with Crippen LogP contribution in [0.5, 0.6) is 0 Å². The number of hydrogen-bond donors (Lipinski definition) is 0. The molecule has 4 heteroatoms. The molecule has 2 rings (SSSR count). The first-order valence-electron chi connectivity index (χ1n) is 6.03. The van der Waals surface area contributed by atoms with Gasteiger partial charge in [-0.05, 0) is 36.8 Å². The summed E-state index contributed by atoms with van der Waals surface area (Å²) >= 11 is 11.9. The summed E-state index contributed by atoms with van der Waals surface area (Å²) in [5, 5.41) is 0.599. The smallest absolute Gasteiger partial charge is 0.146 e. The Morgan fingerprint density at radius 2 is 1.89 bits per heavy atom. The van der Waals surface area contributed by atoms with Crippen molar-refractivity contribution >= 4 is 34.6 Å². The maximum atomic E-state index is 13.9. The van der Waals surface area contributed by atoms with E-state index in [-0.39, 0.29) is 5.82 Å². The van der Waals surface area contributed by atoms with Crippen LogP contribution in [-0.2, 0) is 5.88 Å². The van der Waals surface area contributed by atoms with Crippen molar-refractivity contribution in [3.8, 4) is 0 Å². The lowest BCUT2D eigenvalue weighted by Crippen LogP contribution is -2.17.